The smallest absolute Gasteiger partial charge is 0.335 e. The number of halogens is 2. The number of benzene rings is 3. The molecule has 11 nitrogen and oxygen atoms in total. The fourth-order valence-electron chi connectivity index (χ4n) is 4.50. The van der Waals surface area contributed by atoms with E-state index in [9.17, 15) is 18.8 Å². The van der Waals surface area contributed by atoms with Crippen molar-refractivity contribution in [1.82, 2.24) is 14.1 Å². The van der Waals surface area contributed by atoms with Crippen LogP contribution in [0.3, 0.4) is 0 Å². The summed E-state index contributed by atoms with van der Waals surface area (Å²) < 4.78 is 41.1. The Morgan fingerprint density at radius 3 is 2.27 bits per heavy atom. The molecule has 0 unspecified atom stereocenters. The first-order valence-corrected chi connectivity index (χ1v) is 12.9. The number of aromatic nitrogens is 3. The van der Waals surface area contributed by atoms with E-state index < -0.39 is 28.8 Å². The van der Waals surface area contributed by atoms with Gasteiger partial charge in [0, 0.05) is 43.0 Å². The van der Waals surface area contributed by atoms with E-state index in [1.807, 2.05) is 0 Å². The Bertz CT molecular complexity index is 1970. The van der Waals surface area contributed by atoms with Crippen LogP contribution in [0, 0.1) is 11.6 Å². The van der Waals surface area contributed by atoms with Crippen LogP contribution in [0.2, 0.25) is 0 Å². The summed E-state index contributed by atoms with van der Waals surface area (Å²) in [6, 6.07) is 14.2. The molecule has 0 radical (unpaired) electrons. The van der Waals surface area contributed by atoms with Crippen LogP contribution in [-0.2, 0) is 18.3 Å². The van der Waals surface area contributed by atoms with E-state index in [1.54, 1.807) is 24.4 Å². The number of rotatable bonds is 7. The van der Waals surface area contributed by atoms with Gasteiger partial charge in [0.05, 0.1) is 25.4 Å². The summed E-state index contributed by atoms with van der Waals surface area (Å²) >= 11 is 0. The Morgan fingerprint density at radius 1 is 0.977 bits per heavy atom. The molecule has 5 aromatic rings. The molecule has 0 spiro atoms. The van der Waals surface area contributed by atoms with Gasteiger partial charge in [0.15, 0.2) is 11.5 Å². The number of hydrogen-bond acceptors (Lipinski definition) is 7. The lowest BCUT2D eigenvalue weighted by molar-refractivity contribution is -0.122. The SMILES string of the molecule is COc1cc2nccc(Cc3ccc(NC(=O)c4cn(C)c(=O)n(-c5ccc(F)cc5)c4=O)cc3F)c2cc1OC.O=CO. The second-order valence-corrected chi connectivity index (χ2v) is 9.29. The number of ether oxygens (including phenoxy) is 2. The van der Waals surface area contributed by atoms with E-state index in [0.29, 0.717) is 22.6 Å². The van der Waals surface area contributed by atoms with E-state index in [1.165, 1.54) is 45.5 Å². The van der Waals surface area contributed by atoms with Crippen LogP contribution in [0.15, 0.2) is 82.6 Å². The van der Waals surface area contributed by atoms with Crippen LogP contribution in [0.1, 0.15) is 21.5 Å². The van der Waals surface area contributed by atoms with Crippen molar-refractivity contribution < 1.29 is 33.0 Å². The van der Waals surface area contributed by atoms with E-state index in [0.717, 1.165) is 44.5 Å². The number of nitrogens with one attached hydrogen (secondary N) is 1. The third-order valence-corrected chi connectivity index (χ3v) is 6.61. The first-order valence-electron chi connectivity index (χ1n) is 12.9. The fraction of sp³-hybridized carbons (Fsp3) is 0.129. The Kier molecular flexibility index (Phi) is 9.48. The lowest BCUT2D eigenvalue weighted by Gasteiger charge is -2.13. The number of pyridine rings is 1. The number of carbonyl (C=O) groups is 2. The summed E-state index contributed by atoms with van der Waals surface area (Å²) in [4.78, 5) is 51.5. The molecule has 5 rings (SSSR count). The number of fused-ring (bicyclic) bond motifs is 1. The van der Waals surface area contributed by atoms with Crippen LogP contribution < -0.4 is 26.0 Å². The lowest BCUT2D eigenvalue weighted by atomic mass is 10.00. The minimum Gasteiger partial charge on any atom is -0.493 e. The van der Waals surface area contributed by atoms with E-state index in [4.69, 9.17) is 19.4 Å². The highest BCUT2D eigenvalue weighted by atomic mass is 19.1. The summed E-state index contributed by atoms with van der Waals surface area (Å²) in [5.74, 6) is -0.911. The molecule has 0 fully saturated rings. The molecular weight excluding hydrogens is 578 g/mol. The molecule has 0 bridgehead atoms. The highest BCUT2D eigenvalue weighted by molar-refractivity contribution is 6.03. The Morgan fingerprint density at radius 2 is 1.64 bits per heavy atom. The molecule has 0 saturated heterocycles. The van der Waals surface area contributed by atoms with Gasteiger partial charge in [-0.15, -0.1) is 0 Å². The molecule has 3 aromatic carbocycles. The largest absolute Gasteiger partial charge is 0.493 e. The van der Waals surface area contributed by atoms with Crippen molar-refractivity contribution in [1.29, 1.82) is 0 Å². The van der Waals surface area contributed by atoms with Crippen molar-refractivity contribution in [2.24, 2.45) is 7.05 Å². The summed E-state index contributed by atoms with van der Waals surface area (Å²) in [5, 5.41) is 10.2. The maximum Gasteiger partial charge on any atom is 0.335 e. The van der Waals surface area contributed by atoms with Crippen LogP contribution in [-0.4, -0.2) is 45.8 Å². The molecule has 0 atom stereocenters. The second kappa shape index (κ2) is 13.4. The lowest BCUT2D eigenvalue weighted by Crippen LogP contribution is -2.41. The molecule has 0 aliphatic rings. The minimum atomic E-state index is -0.897. The van der Waals surface area contributed by atoms with Crippen molar-refractivity contribution in [2.45, 2.75) is 6.42 Å². The number of methoxy groups -OCH3 is 2. The number of carboxylic acid groups (broad SMARTS) is 1. The molecule has 44 heavy (non-hydrogen) atoms. The molecule has 2 N–H and O–H groups in total. The van der Waals surface area contributed by atoms with Gasteiger partial charge < -0.3 is 24.5 Å². The van der Waals surface area contributed by atoms with Crippen LogP contribution in [0.5, 0.6) is 11.5 Å². The van der Waals surface area contributed by atoms with Crippen molar-refractivity contribution in [3.05, 3.63) is 122 Å². The third-order valence-electron chi connectivity index (χ3n) is 6.61. The van der Waals surface area contributed by atoms with Gasteiger partial charge in [0.2, 0.25) is 0 Å². The standard InChI is InChI=1S/C30H24F2N4O5.CH2O2/c1-35-16-23(29(38)36(30(35)39)21-8-5-19(31)6-9-21)28(37)34-20-7-4-18(24(32)13-20)12-17-10-11-33-25-15-27(41-3)26(40-2)14-22(17)25;2-1-3/h4-11,13-16H,12H2,1-3H3,(H,34,37);1H,(H,2,3). The van der Waals surface area contributed by atoms with Gasteiger partial charge in [-0.2, -0.15) is 0 Å². The zero-order valence-corrected chi connectivity index (χ0v) is 23.7. The molecule has 2 heterocycles. The van der Waals surface area contributed by atoms with Gasteiger partial charge in [-0.1, -0.05) is 6.07 Å². The van der Waals surface area contributed by atoms with Crippen molar-refractivity contribution in [2.75, 3.05) is 19.5 Å². The first kappa shape index (κ1) is 31.1. The van der Waals surface area contributed by atoms with Gasteiger partial charge in [-0.3, -0.25) is 19.4 Å². The average Bonchev–Trinajstić information content (AvgIpc) is 3.01. The Labute approximate surface area is 248 Å². The fourth-order valence-corrected chi connectivity index (χ4v) is 4.50. The van der Waals surface area contributed by atoms with Gasteiger partial charge >= 0.3 is 5.69 Å². The number of nitrogens with zero attached hydrogens (tertiary/aromatic N) is 3. The van der Waals surface area contributed by atoms with Gasteiger partial charge in [-0.25, -0.2) is 18.1 Å². The quantitative estimate of drug-likeness (QED) is 0.266. The number of carbonyl (C=O) groups excluding carboxylic acids is 1. The van der Waals surface area contributed by atoms with Crippen LogP contribution in [0.4, 0.5) is 14.5 Å². The highest BCUT2D eigenvalue weighted by Crippen LogP contribution is 2.33. The van der Waals surface area contributed by atoms with E-state index >= 15 is 4.39 Å². The summed E-state index contributed by atoms with van der Waals surface area (Å²) in [5.41, 5.74) is 0.0792. The van der Waals surface area contributed by atoms with Gasteiger partial charge in [-0.05, 0) is 59.7 Å². The minimum absolute atomic E-state index is 0.0988. The first-order chi connectivity index (χ1) is 21.1. The monoisotopic (exact) mass is 604 g/mol. The zero-order chi connectivity index (χ0) is 32.0. The molecule has 0 aliphatic heterocycles. The molecule has 0 saturated carbocycles. The summed E-state index contributed by atoms with van der Waals surface area (Å²) in [7, 11) is 4.43. The van der Waals surface area contributed by atoms with Gasteiger partial charge in [0.25, 0.3) is 17.9 Å². The molecule has 2 aromatic heterocycles. The van der Waals surface area contributed by atoms with Crippen molar-refractivity contribution in [3.63, 3.8) is 0 Å². The van der Waals surface area contributed by atoms with Crippen LogP contribution >= 0.6 is 0 Å². The normalized spacial score (nSPS) is 10.5. The molecule has 226 valence electrons. The van der Waals surface area contributed by atoms with E-state index in [-0.39, 0.29) is 29.8 Å². The third kappa shape index (κ3) is 6.46. The van der Waals surface area contributed by atoms with Gasteiger partial charge in [0.1, 0.15) is 17.2 Å². The predicted molar refractivity (Wildman–Crippen MR) is 158 cm³/mol. The maximum absolute atomic E-state index is 15.2. The highest BCUT2D eigenvalue weighted by Gasteiger charge is 2.19. The summed E-state index contributed by atoms with van der Waals surface area (Å²) in [6.07, 6.45) is 2.96. The molecule has 13 heteroatoms. The van der Waals surface area contributed by atoms with E-state index in [2.05, 4.69) is 10.3 Å². The number of hydrogen-bond donors (Lipinski definition) is 2. The average molecular weight is 605 g/mol. The van der Waals surface area contributed by atoms with Crippen molar-refractivity contribution >= 4 is 29.0 Å². The molecule has 0 aliphatic carbocycles. The number of aryl methyl sites for hydroxylation is 1. The predicted octanol–water partition coefficient (Wildman–Crippen LogP) is 3.92. The molecular formula is C31H26F2N4O7. The Balaban J connectivity index is 0.00000141. The maximum atomic E-state index is 15.2. The zero-order valence-electron chi connectivity index (χ0n) is 23.7. The number of amides is 1. The summed E-state index contributed by atoms with van der Waals surface area (Å²) in [6.45, 7) is -0.250. The topological polar surface area (TPSA) is 142 Å². The van der Waals surface area contributed by atoms with Crippen LogP contribution in [0.25, 0.3) is 16.6 Å². The van der Waals surface area contributed by atoms with Crippen molar-refractivity contribution in [3.8, 4) is 17.2 Å². The second-order valence-electron chi connectivity index (χ2n) is 9.29. The number of anilines is 1. The Hall–Kier alpha value is -5.85. The molecule has 1 amide bonds.